The summed E-state index contributed by atoms with van der Waals surface area (Å²) in [6.45, 7) is 13.8. The van der Waals surface area contributed by atoms with E-state index in [4.69, 9.17) is 4.74 Å². The van der Waals surface area contributed by atoms with Gasteiger partial charge >= 0.3 is 0 Å². The molecule has 140 valence electrons. The maximum Gasteiger partial charge on any atom is 0.272 e. The van der Waals surface area contributed by atoms with Crippen LogP contribution in [0.4, 0.5) is 0 Å². The van der Waals surface area contributed by atoms with Crippen molar-refractivity contribution >= 4 is 5.91 Å². The number of amides is 1. The number of ether oxygens (including phenoxy) is 1. The van der Waals surface area contributed by atoms with E-state index in [9.17, 15) is 4.79 Å². The fourth-order valence-electron chi connectivity index (χ4n) is 3.94. The first-order valence-electron chi connectivity index (χ1n) is 9.47. The Bertz CT molecular complexity index is 613. The molecular formula is C19H32N4O2. The van der Waals surface area contributed by atoms with Crippen molar-refractivity contribution in [2.45, 2.75) is 45.6 Å². The van der Waals surface area contributed by atoms with E-state index in [1.54, 1.807) is 4.68 Å². The van der Waals surface area contributed by atoms with Crippen molar-refractivity contribution in [2.24, 2.45) is 13.0 Å². The Kier molecular flexibility index (Phi) is 5.21. The Morgan fingerprint density at radius 2 is 1.96 bits per heavy atom. The number of hydrogen-bond acceptors (Lipinski definition) is 4. The molecule has 0 radical (unpaired) electrons. The van der Waals surface area contributed by atoms with Crippen molar-refractivity contribution in [1.82, 2.24) is 19.6 Å². The molecule has 6 nitrogen and oxygen atoms in total. The Balaban J connectivity index is 1.75. The fraction of sp³-hybridized carbons (Fsp3) is 0.789. The second-order valence-electron chi connectivity index (χ2n) is 8.38. The summed E-state index contributed by atoms with van der Waals surface area (Å²) in [7, 11) is 1.87. The van der Waals surface area contributed by atoms with E-state index in [0.717, 1.165) is 51.5 Å². The Morgan fingerprint density at radius 1 is 1.28 bits per heavy atom. The van der Waals surface area contributed by atoms with E-state index < -0.39 is 0 Å². The van der Waals surface area contributed by atoms with Crippen LogP contribution in [0.1, 0.15) is 50.3 Å². The van der Waals surface area contributed by atoms with E-state index >= 15 is 0 Å². The van der Waals surface area contributed by atoms with Gasteiger partial charge in [-0.15, -0.1) is 0 Å². The van der Waals surface area contributed by atoms with Gasteiger partial charge in [0.2, 0.25) is 0 Å². The monoisotopic (exact) mass is 348 g/mol. The molecule has 0 aliphatic carbocycles. The normalized spacial score (nSPS) is 25.6. The summed E-state index contributed by atoms with van der Waals surface area (Å²) in [5.74, 6) is 0.650. The number of aromatic nitrogens is 2. The van der Waals surface area contributed by atoms with E-state index in [2.05, 4.69) is 37.7 Å². The van der Waals surface area contributed by atoms with Crippen LogP contribution in [-0.4, -0.2) is 70.9 Å². The number of rotatable bonds is 3. The molecule has 1 aromatic rings. The van der Waals surface area contributed by atoms with Crippen LogP contribution in [0.2, 0.25) is 0 Å². The highest BCUT2D eigenvalue weighted by atomic mass is 16.5. The second kappa shape index (κ2) is 7.08. The number of morpholine rings is 1. The van der Waals surface area contributed by atoms with Crippen LogP contribution < -0.4 is 0 Å². The zero-order valence-corrected chi connectivity index (χ0v) is 16.3. The summed E-state index contributed by atoms with van der Waals surface area (Å²) in [6.07, 6.45) is 1.10. The highest BCUT2D eigenvalue weighted by Gasteiger charge is 2.39. The van der Waals surface area contributed by atoms with Crippen molar-refractivity contribution in [3.05, 3.63) is 17.5 Å². The molecule has 2 atom stereocenters. The smallest absolute Gasteiger partial charge is 0.272 e. The fourth-order valence-corrected chi connectivity index (χ4v) is 3.94. The summed E-state index contributed by atoms with van der Waals surface area (Å²) in [4.78, 5) is 17.7. The molecule has 3 heterocycles. The van der Waals surface area contributed by atoms with Crippen LogP contribution in [0.15, 0.2) is 6.07 Å². The maximum atomic E-state index is 13.1. The van der Waals surface area contributed by atoms with Crippen LogP contribution in [0, 0.1) is 5.92 Å². The number of hydrogen-bond donors (Lipinski definition) is 0. The highest BCUT2D eigenvalue weighted by Crippen LogP contribution is 2.28. The van der Waals surface area contributed by atoms with Crippen LogP contribution >= 0.6 is 0 Å². The van der Waals surface area contributed by atoms with Gasteiger partial charge in [0.05, 0.1) is 18.9 Å². The van der Waals surface area contributed by atoms with Crippen LogP contribution in [0.25, 0.3) is 0 Å². The van der Waals surface area contributed by atoms with Gasteiger partial charge < -0.3 is 9.64 Å². The first-order chi connectivity index (χ1) is 11.8. The van der Waals surface area contributed by atoms with Crippen LogP contribution in [0.5, 0.6) is 0 Å². The molecule has 2 saturated heterocycles. The molecule has 0 aromatic carbocycles. The van der Waals surface area contributed by atoms with Crippen LogP contribution in [-0.2, 0) is 17.2 Å². The van der Waals surface area contributed by atoms with Gasteiger partial charge in [0, 0.05) is 44.7 Å². The first kappa shape index (κ1) is 18.4. The summed E-state index contributed by atoms with van der Waals surface area (Å²) in [5.41, 5.74) is 1.61. The molecule has 0 saturated carbocycles. The lowest BCUT2D eigenvalue weighted by molar-refractivity contribution is 0.0102. The van der Waals surface area contributed by atoms with E-state index in [1.807, 2.05) is 18.0 Å². The van der Waals surface area contributed by atoms with Crippen molar-refractivity contribution < 1.29 is 9.53 Å². The van der Waals surface area contributed by atoms with Gasteiger partial charge in [0.25, 0.3) is 5.91 Å². The number of carbonyl (C=O) groups excluding carboxylic acids is 1. The summed E-state index contributed by atoms with van der Waals surface area (Å²) in [5, 5.41) is 4.56. The minimum atomic E-state index is -0.0520. The van der Waals surface area contributed by atoms with Crippen molar-refractivity contribution in [3.63, 3.8) is 0 Å². The standard InChI is InChI=1S/C19H32N4O2/c1-6-14-12-23(13-16(14)22-7-9-25-10-8-22)18(24)15-11-17(19(2,3)4)20-21(15)5/h11,14,16H,6-10,12-13H2,1-5H3/t14-,16+/m0/s1. The van der Waals surface area contributed by atoms with Gasteiger partial charge in [-0.2, -0.15) is 5.10 Å². The lowest BCUT2D eigenvalue weighted by Gasteiger charge is -2.34. The lowest BCUT2D eigenvalue weighted by Crippen LogP contribution is -2.47. The van der Waals surface area contributed by atoms with Gasteiger partial charge in [-0.3, -0.25) is 14.4 Å². The molecule has 1 amide bonds. The van der Waals surface area contributed by atoms with Crippen molar-refractivity contribution in [2.75, 3.05) is 39.4 Å². The molecule has 2 aliphatic rings. The average Bonchev–Trinajstić information content (AvgIpc) is 3.18. The van der Waals surface area contributed by atoms with E-state index in [0.29, 0.717) is 17.7 Å². The maximum absolute atomic E-state index is 13.1. The molecular weight excluding hydrogens is 316 g/mol. The zero-order chi connectivity index (χ0) is 18.2. The number of aryl methyl sites for hydroxylation is 1. The first-order valence-corrected chi connectivity index (χ1v) is 9.47. The zero-order valence-electron chi connectivity index (χ0n) is 16.3. The van der Waals surface area contributed by atoms with Crippen molar-refractivity contribution in [1.29, 1.82) is 0 Å². The minimum absolute atomic E-state index is 0.0520. The molecule has 0 unspecified atom stereocenters. The van der Waals surface area contributed by atoms with Gasteiger partial charge in [0.1, 0.15) is 5.69 Å². The topological polar surface area (TPSA) is 50.6 Å². The van der Waals surface area contributed by atoms with Gasteiger partial charge in [-0.25, -0.2) is 0 Å². The third kappa shape index (κ3) is 3.75. The van der Waals surface area contributed by atoms with E-state index in [-0.39, 0.29) is 11.3 Å². The minimum Gasteiger partial charge on any atom is -0.379 e. The third-order valence-corrected chi connectivity index (χ3v) is 5.60. The van der Waals surface area contributed by atoms with E-state index in [1.165, 1.54) is 0 Å². The Morgan fingerprint density at radius 3 is 2.52 bits per heavy atom. The number of likely N-dealkylation sites (tertiary alicyclic amines) is 1. The summed E-state index contributed by atoms with van der Waals surface area (Å²) in [6, 6.07) is 2.42. The Labute approximate surface area is 151 Å². The number of nitrogens with zero attached hydrogens (tertiary/aromatic N) is 4. The Hall–Kier alpha value is -1.40. The van der Waals surface area contributed by atoms with Crippen molar-refractivity contribution in [3.8, 4) is 0 Å². The molecule has 3 rings (SSSR count). The summed E-state index contributed by atoms with van der Waals surface area (Å²) >= 11 is 0. The summed E-state index contributed by atoms with van der Waals surface area (Å²) < 4.78 is 7.23. The quantitative estimate of drug-likeness (QED) is 0.837. The lowest BCUT2D eigenvalue weighted by atomic mass is 9.92. The molecule has 0 N–H and O–H groups in total. The molecule has 1 aromatic heterocycles. The third-order valence-electron chi connectivity index (χ3n) is 5.60. The van der Waals surface area contributed by atoms with Gasteiger partial charge in [0.15, 0.2) is 0 Å². The second-order valence-corrected chi connectivity index (χ2v) is 8.38. The van der Waals surface area contributed by atoms with Gasteiger partial charge in [-0.1, -0.05) is 34.1 Å². The predicted octanol–water partition coefficient (Wildman–Crippen LogP) is 1.90. The molecule has 2 aliphatic heterocycles. The van der Waals surface area contributed by atoms with Crippen LogP contribution in [0.3, 0.4) is 0 Å². The SMILES string of the molecule is CC[C@H]1CN(C(=O)c2cc(C(C)(C)C)nn2C)C[C@H]1N1CCOCC1. The van der Waals surface area contributed by atoms with Gasteiger partial charge in [-0.05, 0) is 12.0 Å². The average molecular weight is 348 g/mol. The molecule has 6 heteroatoms. The molecule has 2 fully saturated rings. The predicted molar refractivity (Wildman–Crippen MR) is 97.8 cm³/mol. The largest absolute Gasteiger partial charge is 0.379 e. The number of carbonyl (C=O) groups is 1. The molecule has 0 spiro atoms. The highest BCUT2D eigenvalue weighted by molar-refractivity contribution is 5.93. The molecule has 25 heavy (non-hydrogen) atoms. The molecule has 0 bridgehead atoms.